The van der Waals surface area contributed by atoms with E-state index in [0.29, 0.717) is 16.8 Å². The molecule has 2 aromatic rings. The van der Waals surface area contributed by atoms with E-state index in [2.05, 4.69) is 6.92 Å². The van der Waals surface area contributed by atoms with Crippen LogP contribution in [0.25, 0.3) is 0 Å². The zero-order valence-electron chi connectivity index (χ0n) is 13.0. The van der Waals surface area contributed by atoms with Gasteiger partial charge in [0, 0.05) is 10.6 Å². The number of fused-ring (bicyclic) bond motifs is 1. The lowest BCUT2D eigenvalue weighted by Crippen LogP contribution is -2.29. The van der Waals surface area contributed by atoms with Gasteiger partial charge in [0.05, 0.1) is 16.8 Å². The van der Waals surface area contributed by atoms with Crippen LogP contribution in [0.5, 0.6) is 0 Å². The quantitative estimate of drug-likeness (QED) is 0.437. The Bertz CT molecular complexity index is 756. The molecule has 3 nitrogen and oxygen atoms in total. The summed E-state index contributed by atoms with van der Waals surface area (Å²) < 4.78 is 0. The van der Waals surface area contributed by atoms with Gasteiger partial charge < -0.3 is 0 Å². The van der Waals surface area contributed by atoms with Gasteiger partial charge in [-0.05, 0) is 49.7 Å². The molecule has 1 aliphatic heterocycles. The Morgan fingerprint density at radius 3 is 2.35 bits per heavy atom. The molecule has 0 unspecified atom stereocenters. The largest absolute Gasteiger partial charge is 0.268 e. The molecule has 5 heteroatoms. The van der Waals surface area contributed by atoms with Gasteiger partial charge in [0.2, 0.25) is 0 Å². The number of rotatable bonds is 5. The number of imide groups is 1. The van der Waals surface area contributed by atoms with Crippen molar-refractivity contribution >= 4 is 39.1 Å². The van der Waals surface area contributed by atoms with Crippen molar-refractivity contribution in [1.82, 2.24) is 0 Å². The van der Waals surface area contributed by atoms with Gasteiger partial charge in [-0.15, -0.1) is 0 Å². The van der Waals surface area contributed by atoms with E-state index in [4.69, 9.17) is 0 Å². The van der Waals surface area contributed by atoms with Crippen molar-refractivity contribution in [3.05, 3.63) is 59.2 Å². The summed E-state index contributed by atoms with van der Waals surface area (Å²) in [6, 6.07) is 13.0. The van der Waals surface area contributed by atoms with Crippen molar-refractivity contribution in [1.29, 1.82) is 0 Å². The lowest BCUT2D eigenvalue weighted by atomic mass is 10.1. The number of carbonyl (C=O) groups excluding carboxylic acids is 2. The van der Waals surface area contributed by atoms with Gasteiger partial charge >= 0.3 is 0 Å². The van der Waals surface area contributed by atoms with Crippen LogP contribution >= 0.6 is 21.6 Å². The van der Waals surface area contributed by atoms with Crippen LogP contribution in [0, 0.1) is 6.92 Å². The predicted octanol–water partition coefficient (Wildman–Crippen LogP) is 4.95. The van der Waals surface area contributed by atoms with Gasteiger partial charge in [-0.3, -0.25) is 9.59 Å². The van der Waals surface area contributed by atoms with Crippen LogP contribution in [0.3, 0.4) is 0 Å². The van der Waals surface area contributed by atoms with Crippen molar-refractivity contribution in [3.63, 3.8) is 0 Å². The van der Waals surface area contributed by atoms with E-state index in [1.807, 2.05) is 37.3 Å². The molecule has 3 rings (SSSR count). The van der Waals surface area contributed by atoms with Crippen molar-refractivity contribution in [2.45, 2.75) is 25.2 Å². The second-order valence-electron chi connectivity index (χ2n) is 5.39. The number of aryl methyl sites for hydroxylation is 1. The van der Waals surface area contributed by atoms with Crippen molar-refractivity contribution in [2.24, 2.45) is 0 Å². The van der Waals surface area contributed by atoms with Crippen LogP contribution in [0.1, 0.15) is 39.6 Å². The average Bonchev–Trinajstić information content (AvgIpc) is 2.79. The molecule has 0 aromatic heterocycles. The van der Waals surface area contributed by atoms with E-state index < -0.39 is 0 Å². The van der Waals surface area contributed by atoms with Crippen LogP contribution < -0.4 is 4.90 Å². The molecular weight excluding hydrogens is 326 g/mol. The second-order valence-corrected chi connectivity index (χ2v) is 7.88. The molecule has 118 valence electrons. The molecule has 2 aromatic carbocycles. The Kier molecular flexibility index (Phi) is 4.78. The van der Waals surface area contributed by atoms with Gasteiger partial charge in [-0.2, -0.15) is 0 Å². The maximum Gasteiger partial charge on any atom is 0.266 e. The summed E-state index contributed by atoms with van der Waals surface area (Å²) in [6.45, 7) is 4.07. The summed E-state index contributed by atoms with van der Waals surface area (Å²) in [7, 11) is 3.52. The number of hydrogen-bond donors (Lipinski definition) is 0. The van der Waals surface area contributed by atoms with Crippen molar-refractivity contribution < 1.29 is 9.59 Å². The molecular formula is C18H17NO2S2. The first-order valence-electron chi connectivity index (χ1n) is 7.51. The van der Waals surface area contributed by atoms with E-state index >= 15 is 0 Å². The van der Waals surface area contributed by atoms with E-state index in [-0.39, 0.29) is 11.8 Å². The molecule has 0 N–H and O–H groups in total. The molecule has 0 aliphatic carbocycles. The smallest absolute Gasteiger partial charge is 0.266 e. The number of amides is 2. The zero-order chi connectivity index (χ0) is 16.4. The van der Waals surface area contributed by atoms with Crippen LogP contribution in [0.2, 0.25) is 0 Å². The molecule has 23 heavy (non-hydrogen) atoms. The Hall–Kier alpha value is -1.72. The van der Waals surface area contributed by atoms with E-state index in [9.17, 15) is 9.59 Å². The van der Waals surface area contributed by atoms with E-state index in [0.717, 1.165) is 22.6 Å². The Balaban J connectivity index is 1.83. The molecule has 0 fully saturated rings. The topological polar surface area (TPSA) is 37.4 Å². The van der Waals surface area contributed by atoms with Gasteiger partial charge in [-0.1, -0.05) is 40.1 Å². The zero-order valence-corrected chi connectivity index (χ0v) is 14.7. The van der Waals surface area contributed by atoms with Crippen LogP contribution in [-0.2, 0) is 0 Å². The summed E-state index contributed by atoms with van der Waals surface area (Å²) in [5, 5.41) is 0. The van der Waals surface area contributed by atoms with Crippen LogP contribution in [0.15, 0.2) is 47.4 Å². The molecule has 0 saturated heterocycles. The highest BCUT2D eigenvalue weighted by Crippen LogP contribution is 2.34. The highest BCUT2D eigenvalue weighted by atomic mass is 33.1. The van der Waals surface area contributed by atoms with Gasteiger partial charge in [0.1, 0.15) is 0 Å². The number of carbonyl (C=O) groups is 2. The van der Waals surface area contributed by atoms with Crippen molar-refractivity contribution in [2.75, 3.05) is 10.7 Å². The van der Waals surface area contributed by atoms with Crippen LogP contribution in [-0.4, -0.2) is 17.6 Å². The SMILES string of the molecule is CCCSSc1ccc(N2C(=O)c3ccc(C)cc3C2=O)cc1. The molecule has 0 spiro atoms. The molecule has 1 heterocycles. The number of benzene rings is 2. The normalized spacial score (nSPS) is 13.6. The predicted molar refractivity (Wildman–Crippen MR) is 97.4 cm³/mol. The van der Waals surface area contributed by atoms with Crippen LogP contribution in [0.4, 0.5) is 5.69 Å². The maximum atomic E-state index is 12.6. The van der Waals surface area contributed by atoms with E-state index in [1.54, 1.807) is 33.7 Å². The molecule has 0 atom stereocenters. The highest BCUT2D eigenvalue weighted by Gasteiger charge is 2.36. The summed E-state index contributed by atoms with van der Waals surface area (Å²) in [5.74, 6) is 0.615. The third kappa shape index (κ3) is 3.16. The minimum absolute atomic E-state index is 0.241. The minimum atomic E-state index is -0.245. The molecule has 2 amide bonds. The van der Waals surface area contributed by atoms with Gasteiger partial charge in [-0.25, -0.2) is 4.90 Å². The molecule has 0 saturated carbocycles. The molecule has 0 bridgehead atoms. The maximum absolute atomic E-state index is 12.6. The molecule has 0 radical (unpaired) electrons. The summed E-state index contributed by atoms with van der Waals surface area (Å²) in [5.41, 5.74) is 2.58. The highest BCUT2D eigenvalue weighted by molar-refractivity contribution is 8.76. The Morgan fingerprint density at radius 2 is 1.65 bits per heavy atom. The lowest BCUT2D eigenvalue weighted by molar-refractivity contribution is 0.0926. The fourth-order valence-corrected chi connectivity index (χ4v) is 4.56. The summed E-state index contributed by atoms with van der Waals surface area (Å²) in [6.07, 6.45) is 1.14. The minimum Gasteiger partial charge on any atom is -0.268 e. The van der Waals surface area contributed by atoms with E-state index in [1.165, 1.54) is 4.90 Å². The van der Waals surface area contributed by atoms with Crippen molar-refractivity contribution in [3.8, 4) is 0 Å². The first-order valence-corrected chi connectivity index (χ1v) is 9.82. The lowest BCUT2D eigenvalue weighted by Gasteiger charge is -2.14. The standard InChI is InChI=1S/C18H17NO2S2/c1-3-10-22-23-14-7-5-13(6-8-14)19-17(20)15-9-4-12(2)11-16(15)18(19)21/h4-9,11H,3,10H2,1-2H3. The number of anilines is 1. The summed E-state index contributed by atoms with van der Waals surface area (Å²) >= 11 is 0. The third-order valence-corrected chi connectivity index (χ3v) is 6.17. The Morgan fingerprint density at radius 1 is 0.957 bits per heavy atom. The molecule has 1 aliphatic rings. The number of hydrogen-bond acceptors (Lipinski definition) is 4. The first kappa shape index (κ1) is 16.1. The van der Waals surface area contributed by atoms with Gasteiger partial charge in [0.25, 0.3) is 11.8 Å². The number of nitrogens with zero attached hydrogens (tertiary/aromatic N) is 1. The fourth-order valence-electron chi connectivity index (χ4n) is 2.43. The monoisotopic (exact) mass is 343 g/mol. The average molecular weight is 343 g/mol. The first-order chi connectivity index (χ1) is 11.1. The summed E-state index contributed by atoms with van der Waals surface area (Å²) in [4.78, 5) is 27.4. The van der Waals surface area contributed by atoms with Gasteiger partial charge in [0.15, 0.2) is 0 Å². The Labute approximate surface area is 143 Å². The second kappa shape index (κ2) is 6.81. The third-order valence-electron chi connectivity index (χ3n) is 3.58. The fraction of sp³-hybridized carbons (Fsp3) is 0.222.